The first kappa shape index (κ1) is 15.8. The van der Waals surface area contributed by atoms with Crippen LogP contribution in [-0.2, 0) is 22.8 Å². The first-order valence-corrected chi connectivity index (χ1v) is 8.16. The van der Waals surface area contributed by atoms with E-state index >= 15 is 0 Å². The highest BCUT2D eigenvalue weighted by Gasteiger charge is 2.24. The molecule has 3 nitrogen and oxygen atoms in total. The fraction of sp³-hybridized carbons (Fsp3) is 0.350. The number of rotatable bonds is 8. The van der Waals surface area contributed by atoms with Crippen LogP contribution in [0.1, 0.15) is 36.0 Å². The second-order valence-corrected chi connectivity index (χ2v) is 6.07. The average Bonchev–Trinajstić information content (AvgIpc) is 3.40. The molecule has 1 aliphatic carbocycles. The molecular weight excluding hydrogens is 286 g/mol. The van der Waals surface area contributed by atoms with Gasteiger partial charge in [0.2, 0.25) is 0 Å². The Morgan fingerprint density at radius 3 is 2.30 bits per heavy atom. The van der Waals surface area contributed by atoms with E-state index in [2.05, 4.69) is 41.6 Å². The molecule has 0 bridgehead atoms. The van der Waals surface area contributed by atoms with Crippen LogP contribution >= 0.6 is 0 Å². The van der Waals surface area contributed by atoms with Gasteiger partial charge in [-0.25, -0.2) is 0 Å². The first-order valence-electron chi connectivity index (χ1n) is 8.16. The van der Waals surface area contributed by atoms with Crippen molar-refractivity contribution in [2.45, 2.75) is 32.5 Å². The molecule has 1 fully saturated rings. The number of ether oxygens (including phenoxy) is 1. The molecule has 0 radical (unpaired) electrons. The predicted molar refractivity (Wildman–Crippen MR) is 92.3 cm³/mol. The van der Waals surface area contributed by atoms with Gasteiger partial charge in [0.05, 0.1) is 12.3 Å². The van der Waals surface area contributed by atoms with E-state index in [0.29, 0.717) is 13.2 Å². The van der Waals surface area contributed by atoms with E-state index in [9.17, 15) is 0 Å². The number of benzene rings is 2. The maximum absolute atomic E-state index is 5.61. The normalized spacial score (nSPS) is 14.7. The maximum Gasteiger partial charge on any atom is 0.142 e. The average molecular weight is 309 g/mol. The quantitative estimate of drug-likeness (QED) is 0.529. The molecule has 0 aliphatic heterocycles. The Hall–Kier alpha value is -2.13. The minimum absolute atomic E-state index is 0.511. The van der Waals surface area contributed by atoms with Gasteiger partial charge in [0.1, 0.15) is 6.61 Å². The van der Waals surface area contributed by atoms with E-state index in [0.717, 1.165) is 29.2 Å². The topological polar surface area (TPSA) is 30.8 Å². The molecule has 0 heterocycles. The molecule has 0 amide bonds. The van der Waals surface area contributed by atoms with Gasteiger partial charge < -0.3 is 9.57 Å². The van der Waals surface area contributed by atoms with Gasteiger partial charge >= 0.3 is 0 Å². The minimum Gasteiger partial charge on any atom is -0.391 e. The van der Waals surface area contributed by atoms with Crippen molar-refractivity contribution < 1.29 is 9.57 Å². The third-order valence-electron chi connectivity index (χ3n) is 4.03. The van der Waals surface area contributed by atoms with Crippen LogP contribution in [0, 0.1) is 5.92 Å². The molecule has 3 rings (SSSR count). The van der Waals surface area contributed by atoms with E-state index in [1.165, 1.54) is 18.4 Å². The van der Waals surface area contributed by atoms with Gasteiger partial charge in [0.15, 0.2) is 0 Å². The molecule has 120 valence electrons. The van der Waals surface area contributed by atoms with E-state index in [1.54, 1.807) is 7.11 Å². The second kappa shape index (κ2) is 7.93. The standard InChI is InChI=1S/C20H23NO2/c1-22-14-18-9-11-19(12-10-18)20(13-16-7-8-16)21-23-15-17-5-3-2-4-6-17/h2-6,9-12,16H,7-8,13-15H2,1H3. The van der Waals surface area contributed by atoms with Crippen LogP contribution in [0.15, 0.2) is 59.8 Å². The maximum atomic E-state index is 5.61. The molecule has 0 atom stereocenters. The Morgan fingerprint density at radius 2 is 1.65 bits per heavy atom. The lowest BCUT2D eigenvalue weighted by molar-refractivity contribution is 0.130. The van der Waals surface area contributed by atoms with Crippen LogP contribution < -0.4 is 0 Å². The van der Waals surface area contributed by atoms with Gasteiger partial charge in [0.25, 0.3) is 0 Å². The van der Waals surface area contributed by atoms with E-state index < -0.39 is 0 Å². The fourth-order valence-corrected chi connectivity index (χ4v) is 2.52. The summed E-state index contributed by atoms with van der Waals surface area (Å²) in [6, 6.07) is 18.6. The molecule has 0 unspecified atom stereocenters. The lowest BCUT2D eigenvalue weighted by Gasteiger charge is -2.08. The van der Waals surface area contributed by atoms with Gasteiger partial charge in [-0.1, -0.05) is 59.8 Å². The van der Waals surface area contributed by atoms with Crippen molar-refractivity contribution in [3.63, 3.8) is 0 Å². The van der Waals surface area contributed by atoms with Crippen molar-refractivity contribution >= 4 is 5.71 Å². The van der Waals surface area contributed by atoms with Gasteiger partial charge in [-0.05, 0) is 41.9 Å². The zero-order valence-electron chi connectivity index (χ0n) is 13.6. The Labute approximate surface area is 137 Å². The molecular formula is C20H23NO2. The highest BCUT2D eigenvalue weighted by molar-refractivity contribution is 6.00. The van der Waals surface area contributed by atoms with Gasteiger partial charge in [0, 0.05) is 7.11 Å². The summed E-state index contributed by atoms with van der Waals surface area (Å²) < 4.78 is 5.16. The number of methoxy groups -OCH3 is 1. The first-order chi connectivity index (χ1) is 11.3. The molecule has 23 heavy (non-hydrogen) atoms. The summed E-state index contributed by atoms with van der Waals surface area (Å²) in [4.78, 5) is 5.61. The van der Waals surface area contributed by atoms with E-state index in [1.807, 2.05) is 18.2 Å². The summed E-state index contributed by atoms with van der Waals surface area (Å²) in [6.45, 7) is 1.15. The van der Waals surface area contributed by atoms with Crippen LogP contribution in [0.2, 0.25) is 0 Å². The largest absolute Gasteiger partial charge is 0.391 e. The molecule has 3 heteroatoms. The van der Waals surface area contributed by atoms with Gasteiger partial charge in [-0.15, -0.1) is 0 Å². The Morgan fingerprint density at radius 1 is 0.957 bits per heavy atom. The summed E-state index contributed by atoms with van der Waals surface area (Å²) in [5.74, 6) is 0.771. The Bertz CT molecular complexity index is 630. The number of hydrogen-bond acceptors (Lipinski definition) is 3. The van der Waals surface area contributed by atoms with E-state index in [4.69, 9.17) is 9.57 Å². The molecule has 1 saturated carbocycles. The Kier molecular flexibility index (Phi) is 5.43. The van der Waals surface area contributed by atoms with Crippen molar-refractivity contribution in [1.82, 2.24) is 0 Å². The SMILES string of the molecule is COCc1ccc(C(CC2CC2)=NOCc2ccccc2)cc1. The molecule has 0 N–H and O–H groups in total. The number of oxime groups is 1. The molecule has 0 spiro atoms. The molecule has 0 aromatic heterocycles. The Balaban J connectivity index is 1.67. The van der Waals surface area contributed by atoms with Crippen LogP contribution in [0.25, 0.3) is 0 Å². The van der Waals surface area contributed by atoms with Crippen molar-refractivity contribution in [2.24, 2.45) is 11.1 Å². The lowest BCUT2D eigenvalue weighted by atomic mass is 10.0. The molecule has 2 aromatic carbocycles. The smallest absolute Gasteiger partial charge is 0.142 e. The second-order valence-electron chi connectivity index (χ2n) is 6.07. The van der Waals surface area contributed by atoms with Crippen LogP contribution in [-0.4, -0.2) is 12.8 Å². The van der Waals surface area contributed by atoms with Crippen LogP contribution in [0.3, 0.4) is 0 Å². The van der Waals surface area contributed by atoms with Crippen molar-refractivity contribution in [2.75, 3.05) is 7.11 Å². The zero-order valence-corrected chi connectivity index (χ0v) is 13.6. The number of nitrogens with zero attached hydrogens (tertiary/aromatic N) is 1. The summed E-state index contributed by atoms with van der Waals surface area (Å²) in [5, 5.41) is 4.43. The third-order valence-corrected chi connectivity index (χ3v) is 4.03. The molecule has 0 saturated heterocycles. The summed E-state index contributed by atoms with van der Waals surface area (Å²) in [6.07, 6.45) is 3.61. The van der Waals surface area contributed by atoms with Crippen molar-refractivity contribution in [3.05, 3.63) is 71.3 Å². The molecule has 2 aromatic rings. The highest BCUT2D eigenvalue weighted by Crippen LogP contribution is 2.34. The summed E-state index contributed by atoms with van der Waals surface area (Å²) in [5.41, 5.74) is 4.50. The molecule has 1 aliphatic rings. The minimum atomic E-state index is 0.511. The predicted octanol–water partition coefficient (Wildman–Crippen LogP) is 4.55. The van der Waals surface area contributed by atoms with Gasteiger partial charge in [-0.3, -0.25) is 0 Å². The van der Waals surface area contributed by atoms with Gasteiger partial charge in [-0.2, -0.15) is 0 Å². The van der Waals surface area contributed by atoms with Crippen molar-refractivity contribution in [1.29, 1.82) is 0 Å². The number of hydrogen-bond donors (Lipinski definition) is 0. The third kappa shape index (κ3) is 4.93. The lowest BCUT2D eigenvalue weighted by Crippen LogP contribution is -2.04. The summed E-state index contributed by atoms with van der Waals surface area (Å²) in [7, 11) is 1.71. The van der Waals surface area contributed by atoms with Crippen LogP contribution in [0.4, 0.5) is 0 Å². The van der Waals surface area contributed by atoms with E-state index in [-0.39, 0.29) is 0 Å². The monoisotopic (exact) mass is 309 g/mol. The zero-order chi connectivity index (χ0) is 15.9. The summed E-state index contributed by atoms with van der Waals surface area (Å²) >= 11 is 0. The fourth-order valence-electron chi connectivity index (χ4n) is 2.52. The van der Waals surface area contributed by atoms with Crippen LogP contribution in [0.5, 0.6) is 0 Å². The van der Waals surface area contributed by atoms with Crippen molar-refractivity contribution in [3.8, 4) is 0 Å². The highest BCUT2D eigenvalue weighted by atomic mass is 16.6.